The summed E-state index contributed by atoms with van der Waals surface area (Å²) in [5.74, 6) is 0. The van der Waals surface area contributed by atoms with Gasteiger partial charge in [-0.3, -0.25) is 0 Å². The average molecular weight is 549 g/mol. The SMILES string of the molecule is C=C(S)/C=C\c1cc(C(N)N)c2ccccc2c1N.Cc1ccccc1.Cc1ccccc1.Nc1ccccc1. The van der Waals surface area contributed by atoms with Crippen LogP contribution in [-0.4, -0.2) is 0 Å². The molecule has 8 N–H and O–H groups in total. The third-order valence-electron chi connectivity index (χ3n) is 5.65. The smallest absolute Gasteiger partial charge is 0.0790 e. The second kappa shape index (κ2) is 17.3. The molecule has 5 heteroatoms. The van der Waals surface area contributed by atoms with E-state index in [1.165, 1.54) is 11.1 Å². The van der Waals surface area contributed by atoms with Gasteiger partial charge < -0.3 is 22.9 Å². The minimum absolute atomic E-state index is 0.545. The summed E-state index contributed by atoms with van der Waals surface area (Å²) in [6.07, 6.45) is 3.11. The van der Waals surface area contributed by atoms with Gasteiger partial charge in [0.2, 0.25) is 0 Å². The largest absolute Gasteiger partial charge is 0.399 e. The van der Waals surface area contributed by atoms with Crippen molar-refractivity contribution in [1.82, 2.24) is 0 Å². The Morgan fingerprint density at radius 2 is 1.10 bits per heavy atom. The number of benzene rings is 5. The number of hydrogen-bond acceptors (Lipinski definition) is 5. The molecule has 0 saturated carbocycles. The Labute approximate surface area is 244 Å². The van der Waals surface area contributed by atoms with E-state index in [4.69, 9.17) is 22.9 Å². The van der Waals surface area contributed by atoms with Gasteiger partial charge in [0.05, 0.1) is 6.17 Å². The fraction of sp³-hybridized carbons (Fsp3) is 0.0857. The number of allylic oxidation sites excluding steroid dienone is 1. The Kier molecular flexibility index (Phi) is 13.8. The highest BCUT2D eigenvalue weighted by atomic mass is 32.1. The van der Waals surface area contributed by atoms with Crippen molar-refractivity contribution >= 4 is 40.9 Å². The molecule has 0 aliphatic heterocycles. The van der Waals surface area contributed by atoms with E-state index >= 15 is 0 Å². The Morgan fingerprint density at radius 3 is 1.45 bits per heavy atom. The number of hydrogen-bond donors (Lipinski definition) is 5. The Balaban J connectivity index is 0.000000217. The highest BCUT2D eigenvalue weighted by molar-refractivity contribution is 7.84. The number of para-hydroxylation sites is 1. The highest BCUT2D eigenvalue weighted by Crippen LogP contribution is 2.31. The first-order chi connectivity index (χ1) is 19.2. The molecule has 40 heavy (non-hydrogen) atoms. The van der Waals surface area contributed by atoms with Crippen LogP contribution in [0.4, 0.5) is 11.4 Å². The summed E-state index contributed by atoms with van der Waals surface area (Å²) in [6, 6.07) is 39.7. The molecule has 0 aliphatic carbocycles. The van der Waals surface area contributed by atoms with Crippen molar-refractivity contribution in [3.63, 3.8) is 0 Å². The van der Waals surface area contributed by atoms with Crippen molar-refractivity contribution < 1.29 is 0 Å². The molecule has 0 saturated heterocycles. The van der Waals surface area contributed by atoms with Crippen molar-refractivity contribution in [1.29, 1.82) is 0 Å². The van der Waals surface area contributed by atoms with E-state index in [2.05, 4.69) is 57.3 Å². The second-order valence-corrected chi connectivity index (χ2v) is 9.66. The van der Waals surface area contributed by atoms with E-state index in [9.17, 15) is 0 Å². The van der Waals surface area contributed by atoms with Gasteiger partial charge in [0, 0.05) is 16.8 Å². The van der Waals surface area contributed by atoms with Crippen LogP contribution in [0.25, 0.3) is 16.8 Å². The lowest BCUT2D eigenvalue weighted by Crippen LogP contribution is -2.20. The van der Waals surface area contributed by atoms with E-state index in [1.54, 1.807) is 6.08 Å². The molecule has 0 aromatic heterocycles. The molecule has 0 unspecified atom stereocenters. The second-order valence-electron chi connectivity index (χ2n) is 9.08. The molecule has 0 bridgehead atoms. The number of thiol groups is 1. The lowest BCUT2D eigenvalue weighted by molar-refractivity contribution is 0.781. The lowest BCUT2D eigenvalue weighted by atomic mass is 9.97. The third kappa shape index (κ3) is 11.6. The number of nitrogen functional groups attached to an aromatic ring is 2. The summed E-state index contributed by atoms with van der Waals surface area (Å²) >= 11 is 4.13. The van der Waals surface area contributed by atoms with Gasteiger partial charge in [-0.15, -0.1) is 12.6 Å². The summed E-state index contributed by atoms with van der Waals surface area (Å²) in [5, 5.41) is 1.93. The predicted molar refractivity (Wildman–Crippen MR) is 180 cm³/mol. The molecule has 5 aromatic carbocycles. The van der Waals surface area contributed by atoms with Crippen LogP contribution >= 0.6 is 12.6 Å². The van der Waals surface area contributed by atoms with E-state index in [1.807, 2.05) is 103 Å². The maximum absolute atomic E-state index is 6.19. The van der Waals surface area contributed by atoms with Crippen molar-refractivity contribution in [3.8, 4) is 0 Å². The molecular formula is C35H40N4S. The van der Waals surface area contributed by atoms with E-state index in [-0.39, 0.29) is 0 Å². The minimum atomic E-state index is -0.545. The van der Waals surface area contributed by atoms with Crippen LogP contribution in [-0.2, 0) is 0 Å². The van der Waals surface area contributed by atoms with Gasteiger partial charge in [0.15, 0.2) is 0 Å². The number of aryl methyl sites for hydroxylation is 2. The lowest BCUT2D eigenvalue weighted by Gasteiger charge is -2.14. The number of fused-ring (bicyclic) bond motifs is 1. The van der Waals surface area contributed by atoms with E-state index < -0.39 is 6.17 Å². The molecule has 0 fully saturated rings. The molecule has 4 nitrogen and oxygen atoms in total. The monoisotopic (exact) mass is 548 g/mol. The molecular weight excluding hydrogens is 508 g/mol. The van der Waals surface area contributed by atoms with Crippen LogP contribution < -0.4 is 22.9 Å². The molecule has 5 aromatic rings. The van der Waals surface area contributed by atoms with Crippen LogP contribution in [0.5, 0.6) is 0 Å². The van der Waals surface area contributed by atoms with Gasteiger partial charge in [0.25, 0.3) is 0 Å². The first-order valence-corrected chi connectivity index (χ1v) is 13.4. The van der Waals surface area contributed by atoms with Crippen LogP contribution in [0.2, 0.25) is 0 Å². The summed E-state index contributed by atoms with van der Waals surface area (Å²) in [7, 11) is 0. The summed E-state index contributed by atoms with van der Waals surface area (Å²) < 4.78 is 0. The highest BCUT2D eigenvalue weighted by Gasteiger charge is 2.10. The Bertz CT molecular complexity index is 1380. The van der Waals surface area contributed by atoms with Crippen LogP contribution in [0.1, 0.15) is 28.4 Å². The zero-order chi connectivity index (χ0) is 29.3. The van der Waals surface area contributed by atoms with Crippen molar-refractivity contribution in [2.45, 2.75) is 20.0 Å². The van der Waals surface area contributed by atoms with Crippen LogP contribution in [0.3, 0.4) is 0 Å². The molecule has 0 aliphatic rings. The van der Waals surface area contributed by atoms with Crippen molar-refractivity contribution in [2.24, 2.45) is 11.5 Å². The zero-order valence-corrected chi connectivity index (χ0v) is 24.1. The maximum Gasteiger partial charge on any atom is 0.0790 e. The topological polar surface area (TPSA) is 104 Å². The third-order valence-corrected chi connectivity index (χ3v) is 5.79. The van der Waals surface area contributed by atoms with Crippen molar-refractivity contribution in [3.05, 3.63) is 161 Å². The molecule has 206 valence electrons. The van der Waals surface area contributed by atoms with Gasteiger partial charge in [-0.25, -0.2) is 0 Å². The number of rotatable bonds is 3. The van der Waals surface area contributed by atoms with Gasteiger partial charge in [0.1, 0.15) is 0 Å². The fourth-order valence-electron chi connectivity index (χ4n) is 3.57. The van der Waals surface area contributed by atoms with Crippen molar-refractivity contribution in [2.75, 3.05) is 11.5 Å². The summed E-state index contributed by atoms with van der Waals surface area (Å²) in [6.45, 7) is 7.87. The zero-order valence-electron chi connectivity index (χ0n) is 23.2. The van der Waals surface area contributed by atoms with Gasteiger partial charge in [-0.2, -0.15) is 0 Å². The average Bonchev–Trinajstić information content (AvgIpc) is 2.95. The van der Waals surface area contributed by atoms with Gasteiger partial charge in [-0.1, -0.05) is 127 Å². The standard InChI is InChI=1S/C15H17N3S.2C7H8.C6H7N/c1-9(19)6-7-10-8-13(15(17)18)11-4-2-3-5-12(11)14(10)16;2*1-7-5-3-2-4-6-7;7-6-4-2-1-3-5-6/h2-8,15,19H,1,16-18H2;2*2-6H,1H3;1-5H,7H2/b7-6-;;;. The normalized spacial score (nSPS) is 10.1. The Hall–Kier alpha value is -4.29. The first kappa shape index (κ1) is 31.9. The predicted octanol–water partition coefficient (Wildman–Crippen LogP) is 8.05. The maximum atomic E-state index is 6.19. The molecule has 0 amide bonds. The van der Waals surface area contributed by atoms with Gasteiger partial charge >= 0.3 is 0 Å². The Morgan fingerprint density at radius 1 is 0.675 bits per heavy atom. The quantitative estimate of drug-likeness (QED) is 0.0681. The first-order valence-electron chi connectivity index (χ1n) is 12.9. The molecule has 0 spiro atoms. The minimum Gasteiger partial charge on any atom is -0.399 e. The number of nitrogens with two attached hydrogens (primary N) is 4. The molecule has 5 rings (SSSR count). The van der Waals surface area contributed by atoms with Crippen LogP contribution in [0.15, 0.2) is 139 Å². The molecule has 0 heterocycles. The van der Waals surface area contributed by atoms with Gasteiger partial charge in [-0.05, 0) is 59.5 Å². The molecule has 0 atom stereocenters. The number of anilines is 2. The fourth-order valence-corrected chi connectivity index (χ4v) is 3.64. The van der Waals surface area contributed by atoms with E-state index in [0.29, 0.717) is 10.6 Å². The summed E-state index contributed by atoms with van der Waals surface area (Å²) in [4.78, 5) is 0.658. The van der Waals surface area contributed by atoms with E-state index in [0.717, 1.165) is 27.6 Å². The van der Waals surface area contributed by atoms with Crippen LogP contribution in [0, 0.1) is 13.8 Å². The summed E-state index contributed by atoms with van der Waals surface area (Å²) in [5.41, 5.74) is 29.1. The molecule has 0 radical (unpaired) electrons.